The summed E-state index contributed by atoms with van der Waals surface area (Å²) in [6, 6.07) is 2.81. The number of hydrogen-bond acceptors (Lipinski definition) is 3. The molecular formula is C11H14ClNO3. The third-order valence-electron chi connectivity index (χ3n) is 2.39. The van der Waals surface area contributed by atoms with Crippen LogP contribution in [0.1, 0.15) is 23.6 Å². The second-order valence-corrected chi connectivity index (χ2v) is 3.94. The summed E-state index contributed by atoms with van der Waals surface area (Å²) in [6.07, 6.45) is -0.135. The largest absolute Gasteiger partial charge is 0.497 e. The number of carbonyl (C=O) groups is 1. The lowest BCUT2D eigenvalue weighted by atomic mass is 9.99. The number of halogens is 1. The van der Waals surface area contributed by atoms with E-state index in [-0.39, 0.29) is 6.42 Å². The molecule has 0 saturated heterocycles. The molecule has 1 aromatic rings. The summed E-state index contributed by atoms with van der Waals surface area (Å²) in [4.78, 5) is 10.6. The Bertz CT molecular complexity index is 406. The van der Waals surface area contributed by atoms with Crippen molar-refractivity contribution in [2.45, 2.75) is 19.4 Å². The van der Waals surface area contributed by atoms with E-state index in [4.69, 9.17) is 27.2 Å². The molecule has 1 rings (SSSR count). The van der Waals surface area contributed by atoms with Crippen LogP contribution < -0.4 is 10.5 Å². The lowest BCUT2D eigenvalue weighted by Gasteiger charge is -2.15. The van der Waals surface area contributed by atoms with Gasteiger partial charge >= 0.3 is 5.97 Å². The molecule has 0 saturated carbocycles. The lowest BCUT2D eigenvalue weighted by molar-refractivity contribution is -0.137. The third kappa shape index (κ3) is 2.87. The predicted molar refractivity (Wildman–Crippen MR) is 61.9 cm³/mol. The first-order valence-electron chi connectivity index (χ1n) is 4.77. The number of rotatable bonds is 4. The van der Waals surface area contributed by atoms with Crippen LogP contribution in [0.15, 0.2) is 12.1 Å². The van der Waals surface area contributed by atoms with Gasteiger partial charge in [0.2, 0.25) is 0 Å². The quantitative estimate of drug-likeness (QED) is 0.850. The van der Waals surface area contributed by atoms with Crippen molar-refractivity contribution in [3.05, 3.63) is 28.3 Å². The van der Waals surface area contributed by atoms with Gasteiger partial charge in [-0.2, -0.15) is 0 Å². The Morgan fingerprint density at radius 1 is 1.62 bits per heavy atom. The summed E-state index contributed by atoms with van der Waals surface area (Å²) in [6.45, 7) is 1.80. The van der Waals surface area contributed by atoms with Gasteiger partial charge in [-0.05, 0) is 30.2 Å². The smallest absolute Gasteiger partial charge is 0.305 e. The van der Waals surface area contributed by atoms with Gasteiger partial charge in [0.05, 0.1) is 13.5 Å². The molecule has 0 aliphatic heterocycles. The first-order chi connectivity index (χ1) is 7.45. The molecule has 0 aliphatic carbocycles. The molecule has 0 spiro atoms. The average molecular weight is 244 g/mol. The Balaban J connectivity index is 3.10. The van der Waals surface area contributed by atoms with Crippen molar-refractivity contribution in [2.75, 3.05) is 7.11 Å². The van der Waals surface area contributed by atoms with Crippen LogP contribution in [-0.2, 0) is 4.79 Å². The van der Waals surface area contributed by atoms with Gasteiger partial charge in [-0.25, -0.2) is 0 Å². The zero-order chi connectivity index (χ0) is 12.3. The van der Waals surface area contributed by atoms with E-state index < -0.39 is 12.0 Å². The Hall–Kier alpha value is -1.26. The molecular weight excluding hydrogens is 230 g/mol. The Labute approximate surface area is 99.0 Å². The SMILES string of the molecule is COc1cc(Cl)c(C)c(C(N)CC(=O)O)c1. The van der Waals surface area contributed by atoms with Crippen LogP contribution in [0.25, 0.3) is 0 Å². The molecule has 0 heterocycles. The monoisotopic (exact) mass is 243 g/mol. The minimum Gasteiger partial charge on any atom is -0.497 e. The standard InChI is InChI=1S/C11H14ClNO3/c1-6-8(10(13)5-11(14)15)3-7(16-2)4-9(6)12/h3-4,10H,5,13H2,1-2H3,(H,14,15). The molecule has 0 aromatic heterocycles. The van der Waals surface area contributed by atoms with Crippen molar-refractivity contribution in [1.29, 1.82) is 0 Å². The van der Waals surface area contributed by atoms with Crippen LogP contribution in [0, 0.1) is 6.92 Å². The third-order valence-corrected chi connectivity index (χ3v) is 2.78. The van der Waals surface area contributed by atoms with Crippen molar-refractivity contribution in [2.24, 2.45) is 5.73 Å². The molecule has 3 N–H and O–H groups in total. The minimum atomic E-state index is -0.939. The number of hydrogen-bond donors (Lipinski definition) is 2. The molecule has 0 aliphatic rings. The summed E-state index contributed by atoms with van der Waals surface area (Å²) in [5.41, 5.74) is 7.28. The predicted octanol–water partition coefficient (Wildman–Crippen LogP) is 2.13. The van der Waals surface area contributed by atoms with Gasteiger partial charge in [-0.15, -0.1) is 0 Å². The summed E-state index contributed by atoms with van der Waals surface area (Å²) in [7, 11) is 1.52. The van der Waals surface area contributed by atoms with Crippen LogP contribution in [0.3, 0.4) is 0 Å². The molecule has 0 bridgehead atoms. The summed E-state index contributed by atoms with van der Waals surface area (Å²) in [5, 5.41) is 9.21. The zero-order valence-electron chi connectivity index (χ0n) is 9.16. The number of nitrogens with two attached hydrogens (primary N) is 1. The maximum absolute atomic E-state index is 10.6. The average Bonchev–Trinajstić information content (AvgIpc) is 2.20. The number of benzene rings is 1. The molecule has 0 fully saturated rings. The van der Waals surface area contributed by atoms with Crippen LogP contribution >= 0.6 is 11.6 Å². The van der Waals surface area contributed by atoms with Gasteiger partial charge in [0.1, 0.15) is 5.75 Å². The van der Waals surface area contributed by atoms with Gasteiger partial charge in [-0.1, -0.05) is 11.6 Å². The Morgan fingerprint density at radius 3 is 2.75 bits per heavy atom. The van der Waals surface area contributed by atoms with E-state index in [0.29, 0.717) is 16.3 Å². The van der Waals surface area contributed by atoms with Crippen LogP contribution in [0.2, 0.25) is 5.02 Å². The van der Waals surface area contributed by atoms with Gasteiger partial charge < -0.3 is 15.6 Å². The van der Waals surface area contributed by atoms with Crippen molar-refractivity contribution in [3.63, 3.8) is 0 Å². The second-order valence-electron chi connectivity index (χ2n) is 3.53. The highest BCUT2D eigenvalue weighted by Gasteiger charge is 2.15. The molecule has 5 heteroatoms. The minimum absolute atomic E-state index is 0.135. The molecule has 0 radical (unpaired) electrons. The van der Waals surface area contributed by atoms with Crippen molar-refractivity contribution >= 4 is 17.6 Å². The Morgan fingerprint density at radius 2 is 2.25 bits per heavy atom. The van der Waals surface area contributed by atoms with Crippen LogP contribution in [-0.4, -0.2) is 18.2 Å². The molecule has 4 nitrogen and oxygen atoms in total. The fraction of sp³-hybridized carbons (Fsp3) is 0.364. The van der Waals surface area contributed by atoms with E-state index in [9.17, 15) is 4.79 Å². The molecule has 1 unspecified atom stereocenters. The van der Waals surface area contributed by atoms with Crippen molar-refractivity contribution in [1.82, 2.24) is 0 Å². The van der Waals surface area contributed by atoms with Crippen LogP contribution in [0.4, 0.5) is 0 Å². The Kier molecular flexibility index (Phi) is 4.15. The van der Waals surface area contributed by atoms with Gasteiger partial charge in [0, 0.05) is 11.1 Å². The van der Waals surface area contributed by atoms with E-state index in [1.54, 1.807) is 19.1 Å². The summed E-state index contributed by atoms with van der Waals surface area (Å²) in [5.74, 6) is -0.364. The first kappa shape index (κ1) is 12.8. The number of methoxy groups -OCH3 is 1. The highest BCUT2D eigenvalue weighted by molar-refractivity contribution is 6.31. The lowest BCUT2D eigenvalue weighted by Crippen LogP contribution is -2.16. The topological polar surface area (TPSA) is 72.5 Å². The van der Waals surface area contributed by atoms with Crippen molar-refractivity contribution in [3.8, 4) is 5.75 Å². The molecule has 1 aromatic carbocycles. The van der Waals surface area contributed by atoms with Crippen LogP contribution in [0.5, 0.6) is 5.75 Å². The van der Waals surface area contributed by atoms with E-state index in [0.717, 1.165) is 5.56 Å². The highest BCUT2D eigenvalue weighted by atomic mass is 35.5. The molecule has 1 atom stereocenters. The van der Waals surface area contributed by atoms with Gasteiger partial charge in [0.15, 0.2) is 0 Å². The van der Waals surface area contributed by atoms with E-state index >= 15 is 0 Å². The van der Waals surface area contributed by atoms with Gasteiger partial charge in [0.25, 0.3) is 0 Å². The molecule has 88 valence electrons. The fourth-order valence-corrected chi connectivity index (χ4v) is 1.69. The van der Waals surface area contributed by atoms with E-state index in [2.05, 4.69) is 0 Å². The normalized spacial score (nSPS) is 12.2. The van der Waals surface area contributed by atoms with Crippen molar-refractivity contribution < 1.29 is 14.6 Å². The summed E-state index contributed by atoms with van der Waals surface area (Å²) < 4.78 is 5.06. The summed E-state index contributed by atoms with van der Waals surface area (Å²) >= 11 is 6.00. The fourth-order valence-electron chi connectivity index (χ4n) is 1.48. The highest BCUT2D eigenvalue weighted by Crippen LogP contribution is 2.30. The molecule has 0 amide bonds. The number of aliphatic carboxylic acids is 1. The zero-order valence-corrected chi connectivity index (χ0v) is 9.91. The maximum atomic E-state index is 10.6. The number of ether oxygens (including phenoxy) is 1. The van der Waals surface area contributed by atoms with E-state index in [1.165, 1.54) is 7.11 Å². The van der Waals surface area contributed by atoms with Gasteiger partial charge in [-0.3, -0.25) is 4.79 Å². The number of carboxylic acids is 1. The second kappa shape index (κ2) is 5.18. The maximum Gasteiger partial charge on any atom is 0.305 e. The van der Waals surface area contributed by atoms with E-state index in [1.807, 2.05) is 0 Å². The first-order valence-corrected chi connectivity index (χ1v) is 5.15. The number of carboxylic acid groups (broad SMARTS) is 1. The molecule has 16 heavy (non-hydrogen) atoms.